The molecule has 0 aliphatic heterocycles. The first-order valence-corrected chi connectivity index (χ1v) is 8.06. The fraction of sp³-hybridized carbons (Fsp3) is 0.417. The minimum Gasteiger partial charge on any atom is -0.331 e. The summed E-state index contributed by atoms with van der Waals surface area (Å²) in [6.45, 7) is 4.06. The van der Waals surface area contributed by atoms with Crippen molar-refractivity contribution in [2.24, 2.45) is 0 Å². The highest BCUT2D eigenvalue weighted by Crippen LogP contribution is 2.18. The number of imidazole rings is 1. The summed E-state index contributed by atoms with van der Waals surface area (Å²) < 4.78 is 25.6. The van der Waals surface area contributed by atoms with Crippen LogP contribution >= 0.6 is 12.2 Å². The van der Waals surface area contributed by atoms with Gasteiger partial charge < -0.3 is 9.55 Å². The van der Waals surface area contributed by atoms with Gasteiger partial charge in [-0.3, -0.25) is 0 Å². The number of hydrogen-bond donors (Lipinski definition) is 1. The van der Waals surface area contributed by atoms with Crippen molar-refractivity contribution >= 4 is 33.1 Å². The van der Waals surface area contributed by atoms with E-state index in [4.69, 9.17) is 12.2 Å². The van der Waals surface area contributed by atoms with Gasteiger partial charge in [0, 0.05) is 12.3 Å². The second-order valence-corrected chi connectivity index (χ2v) is 7.15. The lowest BCUT2D eigenvalue weighted by atomic mass is 10.2. The van der Waals surface area contributed by atoms with E-state index in [2.05, 4.69) is 4.98 Å². The van der Waals surface area contributed by atoms with Gasteiger partial charge in [0.2, 0.25) is 0 Å². The summed E-state index contributed by atoms with van der Waals surface area (Å²) in [5.41, 5.74) is 3.04. The van der Waals surface area contributed by atoms with Gasteiger partial charge in [0.15, 0.2) is 14.6 Å². The highest BCUT2D eigenvalue weighted by molar-refractivity contribution is 7.91. The molecule has 1 N–H and O–H groups in total. The quantitative estimate of drug-likeness (QED) is 0.877. The zero-order valence-corrected chi connectivity index (χ0v) is 12.1. The molecule has 1 aromatic carbocycles. The molecule has 0 saturated heterocycles. The van der Waals surface area contributed by atoms with Crippen LogP contribution < -0.4 is 0 Å². The highest BCUT2D eigenvalue weighted by atomic mass is 32.2. The average Bonchev–Trinajstić information content (AvgIpc) is 2.64. The number of hydrogen-bond acceptors (Lipinski definition) is 3. The van der Waals surface area contributed by atoms with E-state index < -0.39 is 9.84 Å². The van der Waals surface area contributed by atoms with E-state index in [0.29, 0.717) is 11.3 Å². The maximum absolute atomic E-state index is 11.6. The third-order valence-corrected chi connectivity index (χ3v) is 5.07. The van der Waals surface area contributed by atoms with Crippen molar-refractivity contribution in [1.29, 1.82) is 0 Å². The molecule has 0 fully saturated rings. The topological polar surface area (TPSA) is 54.9 Å². The van der Waals surface area contributed by atoms with Gasteiger partial charge in [-0.1, -0.05) is 19.1 Å². The van der Waals surface area contributed by atoms with Gasteiger partial charge in [0.05, 0.1) is 16.8 Å². The third-order valence-electron chi connectivity index (χ3n) is 3.06. The lowest BCUT2D eigenvalue weighted by molar-refractivity contribution is 0.590. The standard InChI is InChI=1S/C12H16N2O2S2/c1-3-18(15,16)8-7-14-11-9(2)5-4-6-10(11)13-12(14)17/h4-6H,3,7-8H2,1-2H3,(H,13,17). The first-order valence-electron chi connectivity index (χ1n) is 5.83. The van der Waals surface area contributed by atoms with Gasteiger partial charge in [0.1, 0.15) is 0 Å². The molecule has 0 atom stereocenters. The molecule has 0 spiro atoms. The van der Waals surface area contributed by atoms with Crippen molar-refractivity contribution in [3.8, 4) is 0 Å². The zero-order valence-electron chi connectivity index (χ0n) is 10.4. The van der Waals surface area contributed by atoms with E-state index >= 15 is 0 Å². The van der Waals surface area contributed by atoms with E-state index in [0.717, 1.165) is 16.6 Å². The number of H-pyrrole nitrogens is 1. The van der Waals surface area contributed by atoms with Crippen molar-refractivity contribution in [3.05, 3.63) is 28.5 Å². The van der Waals surface area contributed by atoms with Gasteiger partial charge >= 0.3 is 0 Å². The predicted octanol–water partition coefficient (Wildman–Crippen LogP) is 2.44. The summed E-state index contributed by atoms with van der Waals surface area (Å²) in [6, 6.07) is 5.90. The number of para-hydroxylation sites is 1. The molecule has 1 aromatic heterocycles. The Morgan fingerprint density at radius 1 is 1.39 bits per heavy atom. The Labute approximate surface area is 112 Å². The van der Waals surface area contributed by atoms with Crippen molar-refractivity contribution in [2.75, 3.05) is 11.5 Å². The van der Waals surface area contributed by atoms with Crippen LogP contribution in [0.3, 0.4) is 0 Å². The molecule has 0 bridgehead atoms. The molecular formula is C12H16N2O2S2. The van der Waals surface area contributed by atoms with E-state index in [1.807, 2.05) is 29.7 Å². The Bertz CT molecular complexity index is 726. The highest BCUT2D eigenvalue weighted by Gasteiger charge is 2.11. The molecule has 0 aliphatic rings. The van der Waals surface area contributed by atoms with Gasteiger partial charge in [-0.25, -0.2) is 8.42 Å². The number of nitrogens with one attached hydrogen (secondary N) is 1. The lowest BCUT2D eigenvalue weighted by Crippen LogP contribution is -2.14. The van der Waals surface area contributed by atoms with Gasteiger partial charge in [-0.2, -0.15) is 0 Å². The molecule has 0 unspecified atom stereocenters. The van der Waals surface area contributed by atoms with Crippen LogP contribution in [0.5, 0.6) is 0 Å². The van der Waals surface area contributed by atoms with Gasteiger partial charge in [0.25, 0.3) is 0 Å². The molecule has 0 saturated carbocycles. The smallest absolute Gasteiger partial charge is 0.178 e. The van der Waals surface area contributed by atoms with Crippen LogP contribution in [0.4, 0.5) is 0 Å². The predicted molar refractivity (Wildman–Crippen MR) is 76.2 cm³/mol. The van der Waals surface area contributed by atoms with Crippen LogP contribution in [0.15, 0.2) is 18.2 Å². The minimum atomic E-state index is -2.97. The van der Waals surface area contributed by atoms with Crippen LogP contribution in [0.25, 0.3) is 11.0 Å². The molecule has 6 heteroatoms. The third kappa shape index (κ3) is 2.49. The summed E-state index contributed by atoms with van der Waals surface area (Å²) in [6.07, 6.45) is 0. The number of rotatable bonds is 4. The first-order chi connectivity index (χ1) is 8.44. The Hall–Kier alpha value is -1.14. The lowest BCUT2D eigenvalue weighted by Gasteiger charge is -2.06. The normalized spacial score (nSPS) is 12.1. The van der Waals surface area contributed by atoms with E-state index in [-0.39, 0.29) is 11.5 Å². The number of aromatic nitrogens is 2. The maximum Gasteiger partial charge on any atom is 0.178 e. The summed E-state index contributed by atoms with van der Waals surface area (Å²) in [5.74, 6) is 0.292. The van der Waals surface area contributed by atoms with Crippen LogP contribution in [0.1, 0.15) is 12.5 Å². The van der Waals surface area contributed by atoms with E-state index in [1.165, 1.54) is 0 Å². The number of benzene rings is 1. The Kier molecular flexibility index (Phi) is 3.59. The van der Waals surface area contributed by atoms with E-state index in [1.54, 1.807) is 6.92 Å². The van der Waals surface area contributed by atoms with Crippen molar-refractivity contribution in [2.45, 2.75) is 20.4 Å². The molecule has 0 amide bonds. The van der Waals surface area contributed by atoms with Crippen LogP contribution in [0.2, 0.25) is 0 Å². The number of sulfone groups is 1. The van der Waals surface area contributed by atoms with Gasteiger partial charge in [-0.05, 0) is 30.8 Å². The van der Waals surface area contributed by atoms with Crippen LogP contribution in [0, 0.1) is 11.7 Å². The fourth-order valence-electron chi connectivity index (χ4n) is 1.99. The molecule has 0 radical (unpaired) electrons. The number of fused-ring (bicyclic) bond motifs is 1. The molecule has 98 valence electrons. The van der Waals surface area contributed by atoms with Crippen molar-refractivity contribution < 1.29 is 8.42 Å². The average molecular weight is 284 g/mol. The number of aryl methyl sites for hydroxylation is 2. The molecular weight excluding hydrogens is 268 g/mol. The molecule has 4 nitrogen and oxygen atoms in total. The summed E-state index contributed by atoms with van der Waals surface area (Å²) in [7, 11) is -2.97. The molecule has 2 rings (SSSR count). The summed E-state index contributed by atoms with van der Waals surface area (Å²) >= 11 is 5.25. The SMILES string of the molecule is CCS(=O)(=O)CCn1c(=S)[nH]c2cccc(C)c21. The molecule has 0 aliphatic carbocycles. The maximum atomic E-state index is 11.6. The fourth-order valence-corrected chi connectivity index (χ4v) is 3.03. The van der Waals surface area contributed by atoms with E-state index in [9.17, 15) is 8.42 Å². The Morgan fingerprint density at radius 3 is 2.78 bits per heavy atom. The molecule has 1 heterocycles. The first kappa shape index (κ1) is 13.3. The monoisotopic (exact) mass is 284 g/mol. The van der Waals surface area contributed by atoms with Crippen LogP contribution in [-0.4, -0.2) is 29.5 Å². The Balaban J connectivity index is 2.45. The summed E-state index contributed by atoms with van der Waals surface area (Å²) in [4.78, 5) is 3.11. The second-order valence-electron chi connectivity index (χ2n) is 4.29. The molecule has 2 aromatic rings. The second kappa shape index (κ2) is 4.85. The zero-order chi connectivity index (χ0) is 13.3. The van der Waals surface area contributed by atoms with Crippen molar-refractivity contribution in [1.82, 2.24) is 9.55 Å². The van der Waals surface area contributed by atoms with Gasteiger partial charge in [-0.15, -0.1) is 0 Å². The number of aromatic amines is 1. The van der Waals surface area contributed by atoms with Crippen molar-refractivity contribution in [3.63, 3.8) is 0 Å². The largest absolute Gasteiger partial charge is 0.331 e. The van der Waals surface area contributed by atoms with Crippen LogP contribution in [-0.2, 0) is 16.4 Å². The Morgan fingerprint density at radius 2 is 2.11 bits per heavy atom. The molecule has 18 heavy (non-hydrogen) atoms. The minimum absolute atomic E-state index is 0.124. The number of nitrogens with zero attached hydrogens (tertiary/aromatic N) is 1. The summed E-state index contributed by atoms with van der Waals surface area (Å²) in [5, 5.41) is 0.